The maximum atomic E-state index is 5.80. The van der Waals surface area contributed by atoms with Gasteiger partial charge in [-0.3, -0.25) is 4.90 Å². The molecule has 1 heterocycles. The van der Waals surface area contributed by atoms with Gasteiger partial charge >= 0.3 is 0 Å². The highest BCUT2D eigenvalue weighted by molar-refractivity contribution is 5.04. The van der Waals surface area contributed by atoms with Crippen LogP contribution < -0.4 is 5.32 Å². The van der Waals surface area contributed by atoms with E-state index in [2.05, 4.69) is 44.8 Å². The van der Waals surface area contributed by atoms with Gasteiger partial charge in [-0.15, -0.1) is 0 Å². The largest absolute Gasteiger partial charge is 0.378 e. The molecule has 18 heavy (non-hydrogen) atoms. The molecular formula is C15H30N2O. The van der Waals surface area contributed by atoms with Crippen LogP contribution >= 0.6 is 0 Å². The first kappa shape index (κ1) is 14.3. The van der Waals surface area contributed by atoms with Crippen molar-refractivity contribution in [1.29, 1.82) is 0 Å². The zero-order valence-electron chi connectivity index (χ0n) is 12.7. The lowest BCUT2D eigenvalue weighted by Crippen LogP contribution is -2.63. The molecule has 0 aromatic heterocycles. The monoisotopic (exact) mass is 254 g/mol. The Morgan fingerprint density at radius 1 is 1.39 bits per heavy atom. The normalized spacial score (nSPS) is 36.0. The average molecular weight is 254 g/mol. The van der Waals surface area contributed by atoms with Crippen LogP contribution in [0.2, 0.25) is 0 Å². The van der Waals surface area contributed by atoms with Crippen LogP contribution in [0.25, 0.3) is 0 Å². The third-order valence-electron chi connectivity index (χ3n) is 4.93. The summed E-state index contributed by atoms with van der Waals surface area (Å²) in [4.78, 5) is 2.57. The summed E-state index contributed by atoms with van der Waals surface area (Å²) in [5, 5.41) is 3.86. The smallest absolute Gasteiger partial charge is 0.0655 e. The molecular weight excluding hydrogens is 224 g/mol. The maximum Gasteiger partial charge on any atom is 0.0655 e. The van der Waals surface area contributed by atoms with Crippen molar-refractivity contribution in [1.82, 2.24) is 10.2 Å². The summed E-state index contributed by atoms with van der Waals surface area (Å²) in [6.07, 6.45) is 2.92. The van der Waals surface area contributed by atoms with E-state index >= 15 is 0 Å². The zero-order chi connectivity index (χ0) is 13.3. The van der Waals surface area contributed by atoms with Crippen LogP contribution in [0.1, 0.15) is 47.5 Å². The van der Waals surface area contributed by atoms with E-state index < -0.39 is 0 Å². The van der Waals surface area contributed by atoms with Gasteiger partial charge in [0.2, 0.25) is 0 Å². The Bertz CT molecular complexity index is 278. The molecule has 2 rings (SSSR count). The SMILES string of the molecule is CCOC1CC(NC2CCN(C(C)C)C2)C1(C)C. The van der Waals surface area contributed by atoms with Gasteiger partial charge in [0, 0.05) is 36.7 Å². The summed E-state index contributed by atoms with van der Waals surface area (Å²) in [6, 6.07) is 1.99. The van der Waals surface area contributed by atoms with E-state index in [4.69, 9.17) is 4.74 Å². The molecule has 3 atom stereocenters. The summed E-state index contributed by atoms with van der Waals surface area (Å²) in [5.74, 6) is 0. The first-order valence-corrected chi connectivity index (χ1v) is 7.56. The Labute approximate surface area is 112 Å². The minimum absolute atomic E-state index is 0.293. The molecule has 3 nitrogen and oxygen atoms in total. The van der Waals surface area contributed by atoms with Gasteiger partial charge in [-0.2, -0.15) is 0 Å². The summed E-state index contributed by atoms with van der Waals surface area (Å²) in [5.41, 5.74) is 0.293. The van der Waals surface area contributed by atoms with Gasteiger partial charge in [-0.25, -0.2) is 0 Å². The summed E-state index contributed by atoms with van der Waals surface area (Å²) in [7, 11) is 0. The highest BCUT2D eigenvalue weighted by Crippen LogP contribution is 2.43. The Hall–Kier alpha value is -0.120. The van der Waals surface area contributed by atoms with Crippen molar-refractivity contribution in [2.75, 3.05) is 19.7 Å². The Morgan fingerprint density at radius 3 is 2.61 bits per heavy atom. The molecule has 1 aliphatic carbocycles. The fraction of sp³-hybridized carbons (Fsp3) is 1.00. The highest BCUT2D eigenvalue weighted by Gasteiger charge is 2.49. The molecule has 2 aliphatic rings. The van der Waals surface area contributed by atoms with Crippen molar-refractivity contribution < 1.29 is 4.74 Å². The van der Waals surface area contributed by atoms with E-state index in [1.807, 2.05) is 0 Å². The minimum Gasteiger partial charge on any atom is -0.378 e. The Kier molecular flexibility index (Phi) is 4.35. The summed E-state index contributed by atoms with van der Waals surface area (Å²) in [6.45, 7) is 14.6. The van der Waals surface area contributed by atoms with Crippen LogP contribution in [0.4, 0.5) is 0 Å². The second-order valence-corrected chi connectivity index (χ2v) is 6.79. The lowest BCUT2D eigenvalue weighted by molar-refractivity contribution is -0.116. The van der Waals surface area contributed by atoms with Crippen LogP contribution in [0.3, 0.4) is 0 Å². The third kappa shape index (κ3) is 2.73. The molecule has 1 saturated carbocycles. The Morgan fingerprint density at radius 2 is 2.11 bits per heavy atom. The quantitative estimate of drug-likeness (QED) is 0.814. The van der Waals surface area contributed by atoms with Gasteiger partial charge in [0.25, 0.3) is 0 Å². The van der Waals surface area contributed by atoms with Crippen molar-refractivity contribution in [3.05, 3.63) is 0 Å². The average Bonchev–Trinajstić information content (AvgIpc) is 2.76. The molecule has 1 N–H and O–H groups in total. The number of ether oxygens (including phenoxy) is 1. The maximum absolute atomic E-state index is 5.80. The van der Waals surface area contributed by atoms with E-state index in [0.717, 1.165) is 6.61 Å². The second kappa shape index (κ2) is 5.48. The fourth-order valence-corrected chi connectivity index (χ4v) is 3.33. The number of rotatable bonds is 5. The number of hydrogen-bond acceptors (Lipinski definition) is 3. The molecule has 106 valence electrons. The van der Waals surface area contributed by atoms with E-state index in [9.17, 15) is 0 Å². The first-order chi connectivity index (χ1) is 8.45. The molecule has 2 fully saturated rings. The molecule has 0 bridgehead atoms. The molecule has 0 radical (unpaired) electrons. The predicted octanol–water partition coefficient (Wildman–Crippen LogP) is 2.26. The minimum atomic E-state index is 0.293. The second-order valence-electron chi connectivity index (χ2n) is 6.79. The van der Waals surface area contributed by atoms with Crippen LogP contribution in [-0.2, 0) is 4.74 Å². The van der Waals surface area contributed by atoms with Gasteiger partial charge in [-0.05, 0) is 40.2 Å². The molecule has 1 aliphatic heterocycles. The predicted molar refractivity (Wildman–Crippen MR) is 75.8 cm³/mol. The Balaban J connectivity index is 1.79. The highest BCUT2D eigenvalue weighted by atomic mass is 16.5. The van der Waals surface area contributed by atoms with E-state index in [0.29, 0.717) is 29.6 Å². The molecule has 0 spiro atoms. The van der Waals surface area contributed by atoms with Crippen molar-refractivity contribution >= 4 is 0 Å². The lowest BCUT2D eigenvalue weighted by atomic mass is 9.64. The number of nitrogens with one attached hydrogen (secondary N) is 1. The fourth-order valence-electron chi connectivity index (χ4n) is 3.33. The molecule has 3 heteroatoms. The van der Waals surface area contributed by atoms with Gasteiger partial charge in [0.1, 0.15) is 0 Å². The van der Waals surface area contributed by atoms with Crippen molar-refractivity contribution in [3.63, 3.8) is 0 Å². The number of hydrogen-bond donors (Lipinski definition) is 1. The van der Waals surface area contributed by atoms with Gasteiger partial charge in [0.15, 0.2) is 0 Å². The van der Waals surface area contributed by atoms with Gasteiger partial charge in [-0.1, -0.05) is 13.8 Å². The van der Waals surface area contributed by atoms with Gasteiger partial charge in [0.05, 0.1) is 6.10 Å². The number of nitrogens with zero attached hydrogens (tertiary/aromatic N) is 1. The topological polar surface area (TPSA) is 24.5 Å². The third-order valence-corrected chi connectivity index (χ3v) is 4.93. The van der Waals surface area contributed by atoms with Crippen molar-refractivity contribution in [2.45, 2.75) is 71.7 Å². The summed E-state index contributed by atoms with van der Waals surface area (Å²) < 4.78 is 5.80. The molecule has 1 saturated heterocycles. The molecule has 0 aromatic rings. The van der Waals surface area contributed by atoms with Crippen LogP contribution in [-0.4, -0.2) is 48.8 Å². The molecule has 0 amide bonds. The van der Waals surface area contributed by atoms with Crippen LogP contribution in [0.5, 0.6) is 0 Å². The summed E-state index contributed by atoms with van der Waals surface area (Å²) >= 11 is 0. The van der Waals surface area contributed by atoms with E-state index in [1.54, 1.807) is 0 Å². The van der Waals surface area contributed by atoms with Crippen molar-refractivity contribution in [2.24, 2.45) is 5.41 Å². The van der Waals surface area contributed by atoms with Crippen molar-refractivity contribution in [3.8, 4) is 0 Å². The van der Waals surface area contributed by atoms with Crippen LogP contribution in [0.15, 0.2) is 0 Å². The molecule has 0 aromatic carbocycles. The number of likely N-dealkylation sites (tertiary alicyclic amines) is 1. The standard InChI is InChI=1S/C15H30N2O/c1-6-18-14-9-13(15(14,4)5)16-12-7-8-17(10-12)11(2)3/h11-14,16H,6-10H2,1-5H3. The van der Waals surface area contributed by atoms with E-state index in [-0.39, 0.29) is 0 Å². The lowest BCUT2D eigenvalue weighted by Gasteiger charge is -2.52. The zero-order valence-corrected chi connectivity index (χ0v) is 12.7. The van der Waals surface area contributed by atoms with E-state index in [1.165, 1.54) is 25.9 Å². The first-order valence-electron chi connectivity index (χ1n) is 7.56. The van der Waals surface area contributed by atoms with Gasteiger partial charge < -0.3 is 10.1 Å². The molecule has 3 unspecified atom stereocenters. The van der Waals surface area contributed by atoms with Crippen LogP contribution in [0, 0.1) is 5.41 Å².